The number of pyridine rings is 1. The maximum atomic E-state index is 14.7. The van der Waals surface area contributed by atoms with Gasteiger partial charge in [0.25, 0.3) is 5.91 Å². The molecule has 3 aromatic rings. The van der Waals surface area contributed by atoms with Crippen molar-refractivity contribution in [3.05, 3.63) is 58.8 Å². The van der Waals surface area contributed by atoms with Gasteiger partial charge in [-0.2, -0.15) is 0 Å². The van der Waals surface area contributed by atoms with Gasteiger partial charge in [-0.15, -0.1) is 0 Å². The van der Waals surface area contributed by atoms with Crippen molar-refractivity contribution in [3.63, 3.8) is 0 Å². The van der Waals surface area contributed by atoms with Crippen LogP contribution in [0.1, 0.15) is 16.1 Å². The number of aromatic nitrogens is 2. The second kappa shape index (κ2) is 7.00. The molecular weight excluding hydrogens is 409 g/mol. The second-order valence-corrected chi connectivity index (χ2v) is 7.90. The van der Waals surface area contributed by atoms with Gasteiger partial charge < -0.3 is 25.7 Å². The maximum Gasteiger partial charge on any atom is 0.255 e. The topological polar surface area (TPSA) is 91.1 Å². The van der Waals surface area contributed by atoms with Crippen LogP contribution in [0.15, 0.2) is 36.7 Å². The number of carbonyl (C=O) groups excluding carboxylic acids is 1. The molecule has 30 heavy (non-hydrogen) atoms. The van der Waals surface area contributed by atoms with E-state index in [-0.39, 0.29) is 11.3 Å². The van der Waals surface area contributed by atoms with E-state index in [1.165, 1.54) is 13.3 Å². The summed E-state index contributed by atoms with van der Waals surface area (Å²) >= 11 is 6.27. The highest BCUT2D eigenvalue weighted by Gasteiger charge is 2.47. The fraction of sp³-hybridized carbons (Fsp3) is 0.238. The van der Waals surface area contributed by atoms with Crippen LogP contribution >= 0.6 is 11.6 Å². The monoisotopic (exact) mass is 427 g/mol. The molecule has 0 unspecified atom stereocenters. The Morgan fingerprint density at radius 2 is 2.10 bits per heavy atom. The number of para-hydroxylation sites is 1. The molecule has 0 saturated carbocycles. The van der Waals surface area contributed by atoms with Gasteiger partial charge in [0.2, 0.25) is 0 Å². The lowest BCUT2D eigenvalue weighted by Gasteiger charge is -2.45. The summed E-state index contributed by atoms with van der Waals surface area (Å²) in [5.74, 6) is -0.270. The molecule has 0 atom stereocenters. The minimum atomic E-state index is -0.488. The van der Waals surface area contributed by atoms with Gasteiger partial charge in [0.05, 0.1) is 46.4 Å². The standard InChI is InChI=1S/C21H19ClFN5O2/c1-30-18-12(22)3-2-4-14(18)27-17-15-19(21(8-25-9-21)10-26-20(15)29)28-16(17)11-5-6-24-7-13(11)23/h2-7,25,27-28H,8-10H2,1H3,(H,26,29). The number of aromatic amines is 1. The van der Waals surface area contributed by atoms with Crippen LogP contribution in [0.5, 0.6) is 5.75 Å². The molecular formula is C21H19ClFN5O2. The van der Waals surface area contributed by atoms with Gasteiger partial charge in [-0.05, 0) is 18.2 Å². The number of halogens is 2. The SMILES string of the molecule is COc1c(Cl)cccc1Nc1c(-c2ccncc2F)[nH]c2c1C(=O)NCC21CNC1. The van der Waals surface area contributed by atoms with Crippen molar-refractivity contribution in [2.24, 2.45) is 0 Å². The number of nitrogens with one attached hydrogen (secondary N) is 4. The lowest BCUT2D eigenvalue weighted by molar-refractivity contribution is 0.0907. The molecule has 5 rings (SSSR count). The van der Waals surface area contributed by atoms with Crippen LogP contribution in [0.3, 0.4) is 0 Å². The van der Waals surface area contributed by atoms with E-state index in [0.717, 1.165) is 25.0 Å². The molecule has 1 saturated heterocycles. The fourth-order valence-electron chi connectivity index (χ4n) is 4.13. The van der Waals surface area contributed by atoms with E-state index in [4.69, 9.17) is 16.3 Å². The van der Waals surface area contributed by atoms with Crippen LogP contribution in [-0.4, -0.2) is 42.6 Å². The molecule has 2 aliphatic heterocycles. The average Bonchev–Trinajstić information content (AvgIpc) is 3.08. The van der Waals surface area contributed by atoms with E-state index < -0.39 is 5.82 Å². The largest absolute Gasteiger partial charge is 0.493 e. The zero-order valence-corrected chi connectivity index (χ0v) is 16.9. The zero-order valence-electron chi connectivity index (χ0n) is 16.1. The number of H-pyrrole nitrogens is 1. The predicted octanol–water partition coefficient (Wildman–Crippen LogP) is 3.21. The van der Waals surface area contributed by atoms with Crippen LogP contribution in [-0.2, 0) is 5.41 Å². The van der Waals surface area contributed by atoms with Gasteiger partial charge in [0, 0.05) is 37.1 Å². The number of hydrogen-bond acceptors (Lipinski definition) is 5. The second-order valence-electron chi connectivity index (χ2n) is 7.49. The molecule has 0 bridgehead atoms. The van der Waals surface area contributed by atoms with E-state index in [9.17, 15) is 9.18 Å². The Kier molecular flexibility index (Phi) is 4.41. The van der Waals surface area contributed by atoms with Crippen LogP contribution in [0.25, 0.3) is 11.3 Å². The van der Waals surface area contributed by atoms with Crippen LogP contribution in [0.2, 0.25) is 5.02 Å². The first-order valence-corrected chi connectivity index (χ1v) is 9.86. The van der Waals surface area contributed by atoms with Crippen molar-refractivity contribution < 1.29 is 13.9 Å². The number of ether oxygens (including phenoxy) is 1. The smallest absolute Gasteiger partial charge is 0.255 e. The number of carbonyl (C=O) groups is 1. The average molecular weight is 428 g/mol. The van der Waals surface area contributed by atoms with Crippen molar-refractivity contribution in [3.8, 4) is 17.0 Å². The third kappa shape index (κ3) is 2.75. The Labute approximate surface area is 177 Å². The summed E-state index contributed by atoms with van der Waals surface area (Å²) in [7, 11) is 1.52. The lowest BCUT2D eigenvalue weighted by Crippen LogP contribution is -2.64. The third-order valence-electron chi connectivity index (χ3n) is 5.74. The molecule has 1 aromatic carbocycles. The van der Waals surface area contributed by atoms with Crippen molar-refractivity contribution in [2.45, 2.75) is 5.41 Å². The normalized spacial score (nSPS) is 16.6. The summed E-state index contributed by atoms with van der Waals surface area (Å²) in [6, 6.07) is 6.86. The summed E-state index contributed by atoms with van der Waals surface area (Å²) in [6.45, 7) is 1.96. The van der Waals surface area contributed by atoms with Crippen molar-refractivity contribution in [1.82, 2.24) is 20.6 Å². The number of methoxy groups -OCH3 is 1. The number of anilines is 2. The summed E-state index contributed by atoms with van der Waals surface area (Å²) in [5, 5.41) is 9.94. The van der Waals surface area contributed by atoms with E-state index in [1.54, 1.807) is 24.3 Å². The van der Waals surface area contributed by atoms with E-state index in [0.29, 0.717) is 45.5 Å². The van der Waals surface area contributed by atoms with Crippen LogP contribution in [0.4, 0.5) is 15.8 Å². The molecule has 4 N–H and O–H groups in total. The first-order valence-electron chi connectivity index (χ1n) is 9.49. The molecule has 2 aliphatic rings. The van der Waals surface area contributed by atoms with Gasteiger partial charge in [-0.25, -0.2) is 4.39 Å². The van der Waals surface area contributed by atoms with Crippen LogP contribution in [0, 0.1) is 5.82 Å². The van der Waals surface area contributed by atoms with E-state index in [2.05, 4.69) is 25.9 Å². The number of nitrogens with zero attached hydrogens (tertiary/aromatic N) is 1. The maximum absolute atomic E-state index is 14.7. The first-order chi connectivity index (χ1) is 14.5. The predicted molar refractivity (Wildman–Crippen MR) is 112 cm³/mol. The molecule has 0 aliphatic carbocycles. The highest BCUT2D eigenvalue weighted by atomic mass is 35.5. The minimum Gasteiger partial charge on any atom is -0.493 e. The molecule has 0 radical (unpaired) electrons. The molecule has 1 amide bonds. The highest BCUT2D eigenvalue weighted by molar-refractivity contribution is 6.32. The highest BCUT2D eigenvalue weighted by Crippen LogP contribution is 2.45. The lowest BCUT2D eigenvalue weighted by atomic mass is 9.74. The third-order valence-corrected chi connectivity index (χ3v) is 6.04. The molecule has 2 aromatic heterocycles. The zero-order chi connectivity index (χ0) is 20.9. The summed E-state index contributed by atoms with van der Waals surface area (Å²) in [5.41, 5.74) is 2.85. The van der Waals surface area contributed by atoms with Crippen molar-refractivity contribution in [2.75, 3.05) is 32.1 Å². The molecule has 9 heteroatoms. The van der Waals surface area contributed by atoms with Crippen molar-refractivity contribution >= 4 is 28.9 Å². The quantitative estimate of drug-likeness (QED) is 0.513. The summed E-state index contributed by atoms with van der Waals surface area (Å²) in [6.07, 6.45) is 2.67. The fourth-order valence-corrected chi connectivity index (χ4v) is 4.39. The van der Waals surface area contributed by atoms with Crippen LogP contribution < -0.4 is 20.7 Å². The number of amides is 1. The molecule has 4 heterocycles. The molecule has 1 spiro atoms. The Bertz CT molecular complexity index is 1160. The Morgan fingerprint density at radius 1 is 1.27 bits per heavy atom. The number of rotatable bonds is 4. The summed E-state index contributed by atoms with van der Waals surface area (Å²) < 4.78 is 20.1. The minimum absolute atomic E-state index is 0.219. The van der Waals surface area contributed by atoms with Gasteiger partial charge in [-0.3, -0.25) is 9.78 Å². The van der Waals surface area contributed by atoms with Crippen molar-refractivity contribution in [1.29, 1.82) is 0 Å². The Balaban J connectivity index is 1.74. The van der Waals surface area contributed by atoms with Gasteiger partial charge >= 0.3 is 0 Å². The molecule has 1 fully saturated rings. The number of benzene rings is 1. The first kappa shape index (κ1) is 18.9. The van der Waals surface area contributed by atoms with Gasteiger partial charge in [0.1, 0.15) is 0 Å². The molecule has 7 nitrogen and oxygen atoms in total. The summed E-state index contributed by atoms with van der Waals surface area (Å²) in [4.78, 5) is 20.1. The number of fused-ring (bicyclic) bond motifs is 2. The van der Waals surface area contributed by atoms with Gasteiger partial charge in [0.15, 0.2) is 11.6 Å². The van der Waals surface area contributed by atoms with E-state index in [1.807, 2.05) is 0 Å². The number of hydrogen-bond donors (Lipinski definition) is 4. The van der Waals surface area contributed by atoms with Gasteiger partial charge in [-0.1, -0.05) is 17.7 Å². The Morgan fingerprint density at radius 3 is 2.80 bits per heavy atom. The molecule has 154 valence electrons. The Hall–Kier alpha value is -3.10. The van der Waals surface area contributed by atoms with E-state index >= 15 is 0 Å².